The average molecular weight is 417 g/mol. The van der Waals surface area contributed by atoms with Gasteiger partial charge in [-0.05, 0) is 15.4 Å². The number of methoxy groups -OCH3 is 1. The zero-order valence-electron chi connectivity index (χ0n) is 17.7. The number of aliphatic hydroxyl groups is 2. The molecule has 0 aromatic heterocycles. The van der Waals surface area contributed by atoms with Gasteiger partial charge in [0.25, 0.3) is 8.32 Å². The Bertz CT molecular complexity index is 737. The first kappa shape index (κ1) is 22.1. The summed E-state index contributed by atoms with van der Waals surface area (Å²) in [6.07, 6.45) is -1.01. The molecule has 1 heterocycles. The lowest BCUT2D eigenvalue weighted by atomic mass is 9.97. The van der Waals surface area contributed by atoms with Gasteiger partial charge in [-0.3, -0.25) is 0 Å². The molecule has 0 unspecified atom stereocenters. The van der Waals surface area contributed by atoms with Gasteiger partial charge < -0.3 is 24.1 Å². The van der Waals surface area contributed by atoms with Gasteiger partial charge in [-0.25, -0.2) is 0 Å². The van der Waals surface area contributed by atoms with E-state index in [-0.39, 0.29) is 18.1 Å². The van der Waals surface area contributed by atoms with Crippen LogP contribution in [0.4, 0.5) is 0 Å². The summed E-state index contributed by atoms with van der Waals surface area (Å²) in [5, 5.41) is 22.8. The molecule has 6 heteroatoms. The highest BCUT2D eigenvalue weighted by atomic mass is 28.4. The van der Waals surface area contributed by atoms with Gasteiger partial charge in [0, 0.05) is 13.5 Å². The second-order valence-corrected chi connectivity index (χ2v) is 13.0. The molecule has 1 aliphatic rings. The molecule has 5 nitrogen and oxygen atoms in total. The first-order valence-electron chi connectivity index (χ1n) is 10.0. The third kappa shape index (κ3) is 4.19. The lowest BCUT2D eigenvalue weighted by molar-refractivity contribution is -0.137. The summed E-state index contributed by atoms with van der Waals surface area (Å²) in [6.45, 7) is 6.37. The predicted octanol–water partition coefficient (Wildman–Crippen LogP) is 2.05. The molecule has 1 fully saturated rings. The van der Waals surface area contributed by atoms with Crippen LogP contribution in [0.15, 0.2) is 60.7 Å². The molecule has 1 saturated heterocycles. The van der Waals surface area contributed by atoms with E-state index < -0.39 is 32.9 Å². The molecule has 2 aromatic rings. The van der Waals surface area contributed by atoms with E-state index in [4.69, 9.17) is 13.9 Å². The maximum atomic E-state index is 10.9. The van der Waals surface area contributed by atoms with Gasteiger partial charge in [0.1, 0.15) is 11.7 Å². The van der Waals surface area contributed by atoms with Crippen LogP contribution in [0.3, 0.4) is 0 Å². The van der Waals surface area contributed by atoms with Gasteiger partial charge >= 0.3 is 0 Å². The maximum Gasteiger partial charge on any atom is 0.261 e. The Morgan fingerprint density at radius 3 is 1.97 bits per heavy atom. The molecule has 0 radical (unpaired) electrons. The van der Waals surface area contributed by atoms with Crippen molar-refractivity contribution < 1.29 is 24.1 Å². The minimum atomic E-state index is -2.74. The quantitative estimate of drug-likeness (QED) is 0.676. The van der Waals surface area contributed by atoms with Gasteiger partial charge in [-0.15, -0.1) is 0 Å². The topological polar surface area (TPSA) is 68.2 Å². The Hall–Kier alpha value is -1.54. The zero-order chi connectivity index (χ0) is 21.1. The smallest absolute Gasteiger partial charge is 0.261 e. The predicted molar refractivity (Wildman–Crippen MR) is 116 cm³/mol. The third-order valence-corrected chi connectivity index (χ3v) is 10.8. The van der Waals surface area contributed by atoms with E-state index in [2.05, 4.69) is 45.0 Å². The lowest BCUT2D eigenvalue weighted by Gasteiger charge is -2.44. The zero-order valence-corrected chi connectivity index (χ0v) is 18.7. The van der Waals surface area contributed by atoms with Crippen molar-refractivity contribution >= 4 is 18.7 Å². The number of rotatable bonds is 7. The molecule has 2 N–H and O–H groups in total. The van der Waals surface area contributed by atoms with Crippen LogP contribution in [0.2, 0.25) is 5.04 Å². The first-order chi connectivity index (χ1) is 13.8. The minimum Gasteiger partial charge on any atom is -0.405 e. The highest BCUT2D eigenvalue weighted by molar-refractivity contribution is 6.99. The molecule has 0 saturated carbocycles. The van der Waals surface area contributed by atoms with Crippen LogP contribution in [0.5, 0.6) is 0 Å². The Morgan fingerprint density at radius 2 is 1.55 bits per heavy atom. The fourth-order valence-electron chi connectivity index (χ4n) is 4.24. The van der Waals surface area contributed by atoms with E-state index in [1.807, 2.05) is 36.4 Å². The third-order valence-electron chi connectivity index (χ3n) is 5.84. The van der Waals surface area contributed by atoms with Crippen LogP contribution in [0.25, 0.3) is 0 Å². The van der Waals surface area contributed by atoms with Gasteiger partial charge in [0.2, 0.25) is 0 Å². The number of hydrogen-bond acceptors (Lipinski definition) is 5. The monoisotopic (exact) mass is 416 g/mol. The van der Waals surface area contributed by atoms with Crippen molar-refractivity contribution in [3.63, 3.8) is 0 Å². The maximum absolute atomic E-state index is 10.9. The van der Waals surface area contributed by atoms with Gasteiger partial charge in [-0.2, -0.15) is 0 Å². The van der Waals surface area contributed by atoms with E-state index in [9.17, 15) is 10.2 Å². The highest BCUT2D eigenvalue weighted by Crippen LogP contribution is 2.38. The molecule has 0 bridgehead atoms. The second-order valence-electron chi connectivity index (χ2n) is 8.73. The molecule has 0 spiro atoms. The van der Waals surface area contributed by atoms with Gasteiger partial charge in [0.05, 0.1) is 13.2 Å². The van der Waals surface area contributed by atoms with E-state index in [1.54, 1.807) is 0 Å². The van der Waals surface area contributed by atoms with E-state index in [0.29, 0.717) is 0 Å². The highest BCUT2D eigenvalue weighted by Gasteiger charge is 2.53. The van der Waals surface area contributed by atoms with Crippen LogP contribution < -0.4 is 10.4 Å². The molecular weight excluding hydrogens is 384 g/mol. The minimum absolute atomic E-state index is 0.171. The standard InChI is InChI=1S/C23H32O5Si/c1-22(2,3)29(18-11-7-5-8-12-18,19-13-9-6-10-14-19)27-16-20-23(25,17-24)15-21(26-4)28-20/h5-14,20-21,24-25H,15-17H2,1-4H3/t20-,21-,23-/m1/s1. The Labute approximate surface area is 174 Å². The Balaban J connectivity index is 2.03. The first-order valence-corrected chi connectivity index (χ1v) is 11.9. The molecule has 158 valence electrons. The SMILES string of the molecule is CO[C@H]1C[C@@](O)(CO)[C@@H](CO[Si](c2ccccc2)(c2ccccc2)C(C)(C)C)O1. The van der Waals surface area contributed by atoms with Crippen LogP contribution >= 0.6 is 0 Å². The lowest BCUT2D eigenvalue weighted by Crippen LogP contribution is -2.67. The summed E-state index contributed by atoms with van der Waals surface area (Å²) < 4.78 is 18.0. The number of aliphatic hydroxyl groups excluding tert-OH is 1. The summed E-state index contributed by atoms with van der Waals surface area (Å²) in [7, 11) is -1.20. The van der Waals surface area contributed by atoms with Crippen LogP contribution in [-0.4, -0.2) is 56.8 Å². The summed E-state index contributed by atoms with van der Waals surface area (Å²) in [4.78, 5) is 0. The van der Waals surface area contributed by atoms with E-state index >= 15 is 0 Å². The fraction of sp³-hybridized carbons (Fsp3) is 0.478. The van der Waals surface area contributed by atoms with Crippen molar-refractivity contribution in [1.29, 1.82) is 0 Å². The van der Waals surface area contributed by atoms with Crippen molar-refractivity contribution in [3.8, 4) is 0 Å². The van der Waals surface area contributed by atoms with E-state index in [0.717, 1.165) is 10.4 Å². The van der Waals surface area contributed by atoms with Gasteiger partial charge in [0.15, 0.2) is 6.29 Å². The Morgan fingerprint density at radius 1 is 1.03 bits per heavy atom. The van der Waals surface area contributed by atoms with E-state index in [1.165, 1.54) is 7.11 Å². The molecule has 2 aromatic carbocycles. The summed E-state index contributed by atoms with van der Waals surface area (Å²) in [5.41, 5.74) is -1.38. The normalized spacial score (nSPS) is 25.3. The molecule has 3 rings (SSSR count). The van der Waals surface area contributed by atoms with Crippen LogP contribution in [-0.2, 0) is 13.9 Å². The summed E-state index contributed by atoms with van der Waals surface area (Å²) in [6, 6.07) is 20.6. The van der Waals surface area contributed by atoms with Crippen molar-refractivity contribution in [3.05, 3.63) is 60.7 Å². The van der Waals surface area contributed by atoms with Gasteiger partial charge in [-0.1, -0.05) is 81.4 Å². The van der Waals surface area contributed by atoms with Crippen molar-refractivity contribution in [2.24, 2.45) is 0 Å². The van der Waals surface area contributed by atoms with Crippen molar-refractivity contribution in [1.82, 2.24) is 0 Å². The number of hydrogen-bond donors (Lipinski definition) is 2. The molecular formula is C23H32O5Si. The van der Waals surface area contributed by atoms with Crippen LogP contribution in [0, 0.1) is 0 Å². The number of benzene rings is 2. The second kappa shape index (κ2) is 8.68. The number of ether oxygens (including phenoxy) is 2. The molecule has 29 heavy (non-hydrogen) atoms. The van der Waals surface area contributed by atoms with Crippen LogP contribution in [0.1, 0.15) is 27.2 Å². The average Bonchev–Trinajstić information content (AvgIpc) is 3.05. The summed E-state index contributed by atoms with van der Waals surface area (Å²) in [5.74, 6) is 0. The molecule has 1 aliphatic heterocycles. The van der Waals surface area contributed by atoms with Crippen molar-refractivity contribution in [2.75, 3.05) is 20.3 Å². The fourth-order valence-corrected chi connectivity index (χ4v) is 8.80. The Kier molecular flexibility index (Phi) is 6.63. The summed E-state index contributed by atoms with van der Waals surface area (Å²) >= 11 is 0. The largest absolute Gasteiger partial charge is 0.405 e. The molecule has 0 amide bonds. The van der Waals surface area contributed by atoms with Crippen molar-refractivity contribution in [2.45, 2.75) is 50.2 Å². The molecule has 0 aliphatic carbocycles. The molecule has 3 atom stereocenters.